The van der Waals surface area contributed by atoms with E-state index in [0.29, 0.717) is 17.4 Å². The third kappa shape index (κ3) is 7.19. The fourth-order valence-corrected chi connectivity index (χ4v) is 2.15. The van der Waals surface area contributed by atoms with Crippen LogP contribution in [0.2, 0.25) is 0 Å². The van der Waals surface area contributed by atoms with E-state index < -0.39 is 24.1 Å². The molecule has 1 aromatic carbocycles. The zero-order valence-electron chi connectivity index (χ0n) is 13.4. The lowest BCUT2D eigenvalue weighted by Gasteiger charge is -2.28. The van der Waals surface area contributed by atoms with Gasteiger partial charge in [0.05, 0.1) is 27.6 Å². The van der Waals surface area contributed by atoms with E-state index in [9.17, 15) is 9.59 Å². The Morgan fingerprint density at radius 3 is 2.32 bits per heavy atom. The predicted octanol–water partition coefficient (Wildman–Crippen LogP) is 0.649. The average molecular weight is 309 g/mol. The lowest BCUT2D eigenvalue weighted by atomic mass is 10.1. The number of ether oxygens (including phenoxy) is 1. The number of nitrogens with two attached hydrogens (primary N) is 1. The van der Waals surface area contributed by atoms with Crippen LogP contribution in [0.1, 0.15) is 12.0 Å². The Morgan fingerprint density at radius 1 is 1.23 bits per heavy atom. The van der Waals surface area contributed by atoms with E-state index in [-0.39, 0.29) is 6.42 Å². The second kappa shape index (κ2) is 7.91. The van der Waals surface area contributed by atoms with Crippen LogP contribution >= 0.6 is 0 Å². The fourth-order valence-electron chi connectivity index (χ4n) is 2.15. The number of rotatable bonds is 8. The van der Waals surface area contributed by atoms with Gasteiger partial charge >= 0.3 is 11.9 Å². The molecule has 2 atom stereocenters. The Hall–Kier alpha value is -1.92. The van der Waals surface area contributed by atoms with Gasteiger partial charge in [0.25, 0.3) is 0 Å². The van der Waals surface area contributed by atoms with Crippen molar-refractivity contribution in [3.05, 3.63) is 35.9 Å². The van der Waals surface area contributed by atoms with Crippen LogP contribution in [-0.2, 0) is 20.7 Å². The number of carboxylic acid groups (broad SMARTS) is 1. The van der Waals surface area contributed by atoms with Crippen molar-refractivity contribution in [2.45, 2.75) is 25.0 Å². The van der Waals surface area contributed by atoms with Crippen molar-refractivity contribution >= 4 is 11.9 Å². The molecule has 0 aromatic heterocycles. The van der Waals surface area contributed by atoms with E-state index in [2.05, 4.69) is 0 Å². The zero-order valence-corrected chi connectivity index (χ0v) is 13.4. The van der Waals surface area contributed by atoms with Gasteiger partial charge in [-0.25, -0.2) is 0 Å². The van der Waals surface area contributed by atoms with Gasteiger partial charge in [-0.3, -0.25) is 9.59 Å². The molecule has 1 aromatic rings. The summed E-state index contributed by atoms with van der Waals surface area (Å²) in [6.45, 7) is 0.413. The molecule has 0 aliphatic rings. The molecule has 0 saturated heterocycles. The maximum atomic E-state index is 12.1. The van der Waals surface area contributed by atoms with Crippen LogP contribution < -0.4 is 5.73 Å². The molecule has 0 fully saturated rings. The maximum Gasteiger partial charge on any atom is 0.323 e. The molecule has 0 saturated carbocycles. The Kier molecular flexibility index (Phi) is 6.52. The highest BCUT2D eigenvalue weighted by atomic mass is 16.5. The minimum absolute atomic E-state index is 0.223. The van der Waals surface area contributed by atoms with Crippen LogP contribution in [0, 0.1) is 0 Å². The fraction of sp³-hybridized carbons (Fsp3) is 0.500. The maximum absolute atomic E-state index is 12.1. The molecule has 0 aliphatic carbocycles. The minimum atomic E-state index is -0.997. The van der Waals surface area contributed by atoms with Crippen molar-refractivity contribution in [1.82, 2.24) is 0 Å². The molecule has 0 bridgehead atoms. The van der Waals surface area contributed by atoms with Crippen LogP contribution in [0.15, 0.2) is 30.3 Å². The van der Waals surface area contributed by atoms with Gasteiger partial charge in [0, 0.05) is 0 Å². The first-order valence-electron chi connectivity index (χ1n) is 7.19. The highest BCUT2D eigenvalue weighted by Gasteiger charge is 2.27. The first-order valence-corrected chi connectivity index (χ1v) is 7.19. The molecule has 3 N–H and O–H groups in total. The number of likely N-dealkylation sites (N-methyl/N-ethyl adjacent to an activating group) is 1. The van der Waals surface area contributed by atoms with Crippen molar-refractivity contribution in [1.29, 1.82) is 0 Å². The third-order valence-corrected chi connectivity index (χ3v) is 3.04. The Balaban J connectivity index is 2.63. The number of esters is 1. The van der Waals surface area contributed by atoms with Gasteiger partial charge in [-0.2, -0.15) is 0 Å². The number of hydrogen-bond acceptors (Lipinski definition) is 4. The van der Waals surface area contributed by atoms with Gasteiger partial charge in [-0.1, -0.05) is 30.3 Å². The molecule has 6 nitrogen and oxygen atoms in total. The van der Waals surface area contributed by atoms with Crippen LogP contribution in [0.3, 0.4) is 0 Å². The second-order valence-electron chi connectivity index (χ2n) is 6.43. The quantitative estimate of drug-likeness (QED) is 0.543. The van der Waals surface area contributed by atoms with Gasteiger partial charge in [-0.15, -0.1) is 0 Å². The minimum Gasteiger partial charge on any atom is -0.481 e. The Bertz CT molecular complexity index is 497. The van der Waals surface area contributed by atoms with Crippen LogP contribution in [-0.4, -0.2) is 61.4 Å². The van der Waals surface area contributed by atoms with E-state index in [1.54, 1.807) is 0 Å². The van der Waals surface area contributed by atoms with Gasteiger partial charge < -0.3 is 20.1 Å². The van der Waals surface area contributed by atoms with Crippen LogP contribution in [0.4, 0.5) is 0 Å². The SMILES string of the molecule is C[N+](C)(C)CC(CC(=O)O)OC(=O)[C@@H](N)Cc1ccccc1. The summed E-state index contributed by atoms with van der Waals surface area (Å²) in [6.07, 6.45) is -0.546. The average Bonchev–Trinajstić information content (AvgIpc) is 2.36. The molecule has 0 radical (unpaired) electrons. The zero-order chi connectivity index (χ0) is 16.8. The van der Waals surface area contributed by atoms with E-state index in [1.807, 2.05) is 51.5 Å². The number of hydrogen-bond donors (Lipinski definition) is 2. The highest BCUT2D eigenvalue weighted by molar-refractivity contribution is 5.76. The third-order valence-electron chi connectivity index (χ3n) is 3.04. The normalized spacial score (nSPS) is 14.2. The van der Waals surface area contributed by atoms with Crippen molar-refractivity contribution in [2.75, 3.05) is 27.7 Å². The number of carbonyl (C=O) groups is 2. The standard InChI is InChI=1S/C16H24N2O4/c1-18(2,3)11-13(10-15(19)20)22-16(21)14(17)9-12-7-5-4-6-8-12/h4-8,13-14H,9-11,17H2,1-3H3/p+1/t13?,14-/m0/s1. The molecule has 0 spiro atoms. The lowest BCUT2D eigenvalue weighted by Crippen LogP contribution is -2.46. The number of quaternary nitrogens is 1. The topological polar surface area (TPSA) is 89.6 Å². The first-order chi connectivity index (χ1) is 10.2. The predicted molar refractivity (Wildman–Crippen MR) is 83.2 cm³/mol. The van der Waals surface area contributed by atoms with Gasteiger partial charge in [0.15, 0.2) is 6.10 Å². The van der Waals surface area contributed by atoms with E-state index in [0.717, 1.165) is 5.56 Å². The summed E-state index contributed by atoms with van der Waals surface area (Å²) in [7, 11) is 5.73. The van der Waals surface area contributed by atoms with E-state index in [4.69, 9.17) is 15.6 Å². The van der Waals surface area contributed by atoms with Crippen molar-refractivity contribution in [2.24, 2.45) is 5.73 Å². The molecule has 0 aliphatic heterocycles. The summed E-state index contributed by atoms with van der Waals surface area (Å²) in [5.74, 6) is -1.56. The molecule has 22 heavy (non-hydrogen) atoms. The van der Waals surface area contributed by atoms with Crippen molar-refractivity contribution in [3.8, 4) is 0 Å². The first kappa shape index (κ1) is 18.1. The summed E-state index contributed by atoms with van der Waals surface area (Å²) in [5.41, 5.74) is 6.80. The molecule has 0 amide bonds. The number of carbonyl (C=O) groups excluding carboxylic acids is 1. The van der Waals surface area contributed by atoms with E-state index in [1.165, 1.54) is 0 Å². The highest BCUT2D eigenvalue weighted by Crippen LogP contribution is 2.08. The van der Waals surface area contributed by atoms with Gasteiger partial charge in [0.1, 0.15) is 12.6 Å². The van der Waals surface area contributed by atoms with E-state index >= 15 is 0 Å². The summed E-state index contributed by atoms with van der Waals surface area (Å²) < 4.78 is 5.81. The number of nitrogens with zero attached hydrogens (tertiary/aromatic N) is 1. The van der Waals surface area contributed by atoms with Crippen LogP contribution in [0.25, 0.3) is 0 Å². The Labute approximate surface area is 131 Å². The number of carboxylic acids is 1. The molecule has 1 unspecified atom stereocenters. The summed E-state index contributed by atoms with van der Waals surface area (Å²) in [6, 6.07) is 8.60. The van der Waals surface area contributed by atoms with Gasteiger partial charge in [-0.05, 0) is 12.0 Å². The molecule has 1 rings (SSSR count). The summed E-state index contributed by atoms with van der Waals surface area (Å²) >= 11 is 0. The number of benzene rings is 1. The second-order valence-corrected chi connectivity index (χ2v) is 6.43. The smallest absolute Gasteiger partial charge is 0.323 e. The Morgan fingerprint density at radius 2 is 1.82 bits per heavy atom. The summed E-state index contributed by atoms with van der Waals surface area (Å²) in [4.78, 5) is 23.0. The molecular formula is C16H25N2O4+. The van der Waals surface area contributed by atoms with Gasteiger partial charge in [0.2, 0.25) is 0 Å². The monoisotopic (exact) mass is 309 g/mol. The largest absolute Gasteiger partial charge is 0.481 e. The molecule has 0 heterocycles. The lowest BCUT2D eigenvalue weighted by molar-refractivity contribution is -0.873. The summed E-state index contributed by atoms with van der Waals surface area (Å²) in [5, 5.41) is 8.94. The van der Waals surface area contributed by atoms with Crippen molar-refractivity contribution in [3.63, 3.8) is 0 Å². The number of aliphatic carboxylic acids is 1. The molecular weight excluding hydrogens is 284 g/mol. The van der Waals surface area contributed by atoms with Crippen LogP contribution in [0.5, 0.6) is 0 Å². The molecule has 6 heteroatoms. The molecule has 122 valence electrons. The van der Waals surface area contributed by atoms with Crippen molar-refractivity contribution < 1.29 is 23.9 Å².